The number of carbonyl (C=O) groups is 3. The highest BCUT2D eigenvalue weighted by atomic mass is 16.5. The van der Waals surface area contributed by atoms with Gasteiger partial charge in [-0.25, -0.2) is 9.59 Å². The van der Waals surface area contributed by atoms with Crippen molar-refractivity contribution in [2.75, 3.05) is 6.61 Å². The third kappa shape index (κ3) is 6.84. The number of unbranched alkanes of at least 4 members (excludes halogenated alkanes) is 1. The molecule has 0 aliphatic heterocycles. The van der Waals surface area contributed by atoms with E-state index in [0.29, 0.717) is 31.6 Å². The zero-order chi connectivity index (χ0) is 25.4. The summed E-state index contributed by atoms with van der Waals surface area (Å²) >= 11 is 0. The number of carbonyl (C=O) groups excluding carboxylic acids is 2. The summed E-state index contributed by atoms with van der Waals surface area (Å²) in [5.74, 6) is -1.33. The number of rotatable bonds is 12. The molecule has 0 saturated heterocycles. The van der Waals surface area contributed by atoms with Gasteiger partial charge in [0.15, 0.2) is 0 Å². The van der Waals surface area contributed by atoms with Gasteiger partial charge in [-0.3, -0.25) is 4.79 Å². The summed E-state index contributed by atoms with van der Waals surface area (Å²) in [7, 11) is 0. The van der Waals surface area contributed by atoms with Crippen molar-refractivity contribution >= 4 is 18.0 Å². The lowest BCUT2D eigenvalue weighted by atomic mass is 9.98. The Balaban J connectivity index is 1.65. The van der Waals surface area contributed by atoms with Gasteiger partial charge in [0.05, 0.1) is 0 Å². The molecule has 35 heavy (non-hydrogen) atoms. The number of carboxylic acid groups (broad SMARTS) is 1. The number of hydrogen-bond donors (Lipinski definition) is 3. The summed E-state index contributed by atoms with van der Waals surface area (Å²) < 4.78 is 5.60. The fourth-order valence-electron chi connectivity index (χ4n) is 4.49. The summed E-state index contributed by atoms with van der Waals surface area (Å²) in [5.41, 5.74) is 4.49. The van der Waals surface area contributed by atoms with Gasteiger partial charge in [-0.1, -0.05) is 82.1 Å². The normalized spacial score (nSPS) is 14.1. The Kier molecular flexibility index (Phi) is 9.29. The standard InChI is InChI=1S/C28H36N2O5/c1-4-5-14-25(27(32)33)29-26(31)24(16-15-18(2)3)30-28(34)35-17-23-21-12-8-6-10-19(21)20-11-7-9-13-22(20)23/h6-13,18,23-25H,4-5,14-17H2,1-3H3,(H,29,31)(H,30,34)(H,32,33)/t24?,25-/m0/s1. The fourth-order valence-corrected chi connectivity index (χ4v) is 4.49. The third-order valence-corrected chi connectivity index (χ3v) is 6.45. The predicted molar refractivity (Wildman–Crippen MR) is 135 cm³/mol. The van der Waals surface area contributed by atoms with Crippen LogP contribution >= 0.6 is 0 Å². The van der Waals surface area contributed by atoms with Crippen LogP contribution in [-0.4, -0.2) is 41.8 Å². The highest BCUT2D eigenvalue weighted by Gasteiger charge is 2.30. The zero-order valence-electron chi connectivity index (χ0n) is 20.8. The molecule has 1 aliphatic carbocycles. The van der Waals surface area contributed by atoms with Gasteiger partial charge in [-0.05, 0) is 47.4 Å². The Morgan fingerprint density at radius 2 is 1.49 bits per heavy atom. The lowest BCUT2D eigenvalue weighted by molar-refractivity contribution is -0.142. The maximum Gasteiger partial charge on any atom is 0.407 e. The number of aliphatic carboxylic acids is 1. The Morgan fingerprint density at radius 1 is 0.886 bits per heavy atom. The zero-order valence-corrected chi connectivity index (χ0v) is 20.8. The number of nitrogens with one attached hydrogen (secondary N) is 2. The molecule has 1 unspecified atom stereocenters. The van der Waals surface area contributed by atoms with E-state index in [4.69, 9.17) is 4.74 Å². The monoisotopic (exact) mass is 480 g/mol. The van der Waals surface area contributed by atoms with Crippen molar-refractivity contribution in [3.8, 4) is 11.1 Å². The molecule has 0 bridgehead atoms. The first-order valence-electron chi connectivity index (χ1n) is 12.5. The summed E-state index contributed by atoms with van der Waals surface area (Å²) in [6.45, 7) is 6.17. The van der Waals surface area contributed by atoms with E-state index in [-0.39, 0.29) is 12.5 Å². The summed E-state index contributed by atoms with van der Waals surface area (Å²) in [4.78, 5) is 37.2. The van der Waals surface area contributed by atoms with E-state index >= 15 is 0 Å². The summed E-state index contributed by atoms with van der Waals surface area (Å²) in [5, 5.41) is 14.7. The van der Waals surface area contributed by atoms with Gasteiger partial charge in [0.1, 0.15) is 18.7 Å². The first-order chi connectivity index (χ1) is 16.8. The van der Waals surface area contributed by atoms with Crippen LogP contribution in [0.2, 0.25) is 0 Å². The molecular formula is C28H36N2O5. The number of fused-ring (bicyclic) bond motifs is 3. The first-order valence-corrected chi connectivity index (χ1v) is 12.5. The van der Waals surface area contributed by atoms with E-state index in [0.717, 1.165) is 28.7 Å². The Hall–Kier alpha value is -3.35. The van der Waals surface area contributed by atoms with Gasteiger partial charge in [-0.15, -0.1) is 0 Å². The largest absolute Gasteiger partial charge is 0.480 e. The van der Waals surface area contributed by atoms with E-state index in [1.54, 1.807) is 0 Å². The van der Waals surface area contributed by atoms with E-state index in [9.17, 15) is 19.5 Å². The van der Waals surface area contributed by atoms with Crippen LogP contribution in [0, 0.1) is 5.92 Å². The van der Waals surface area contributed by atoms with Crippen LogP contribution in [-0.2, 0) is 14.3 Å². The number of ether oxygens (including phenoxy) is 1. The van der Waals surface area contributed by atoms with Crippen molar-refractivity contribution in [1.29, 1.82) is 0 Å². The predicted octanol–water partition coefficient (Wildman–Crippen LogP) is 5.09. The fraction of sp³-hybridized carbons (Fsp3) is 0.464. The van der Waals surface area contributed by atoms with Crippen molar-refractivity contribution in [2.24, 2.45) is 5.92 Å². The van der Waals surface area contributed by atoms with Crippen molar-refractivity contribution in [1.82, 2.24) is 10.6 Å². The summed E-state index contributed by atoms with van der Waals surface area (Å²) in [6, 6.07) is 14.3. The number of hydrogen-bond acceptors (Lipinski definition) is 4. The molecule has 0 heterocycles. The first kappa shape index (κ1) is 26.3. The van der Waals surface area contributed by atoms with E-state index in [2.05, 4.69) is 22.8 Å². The molecule has 0 radical (unpaired) electrons. The maximum atomic E-state index is 12.9. The van der Waals surface area contributed by atoms with E-state index in [1.807, 2.05) is 57.2 Å². The molecule has 0 saturated carbocycles. The molecular weight excluding hydrogens is 444 g/mol. The van der Waals surface area contributed by atoms with Crippen LogP contribution < -0.4 is 10.6 Å². The van der Waals surface area contributed by atoms with Gasteiger partial charge >= 0.3 is 12.1 Å². The molecule has 7 nitrogen and oxygen atoms in total. The van der Waals surface area contributed by atoms with Gasteiger partial charge in [0, 0.05) is 5.92 Å². The SMILES string of the molecule is CCCC[C@H](NC(=O)C(CCC(C)C)NC(=O)OCC1c2ccccc2-c2ccccc21)C(=O)O. The van der Waals surface area contributed by atoms with Crippen LogP contribution in [0.5, 0.6) is 0 Å². The minimum atomic E-state index is -1.07. The quantitative estimate of drug-likeness (QED) is 0.392. The van der Waals surface area contributed by atoms with Crippen LogP contribution in [0.3, 0.4) is 0 Å². The van der Waals surface area contributed by atoms with Crippen molar-refractivity contribution in [2.45, 2.75) is 70.9 Å². The minimum Gasteiger partial charge on any atom is -0.480 e. The summed E-state index contributed by atoms with van der Waals surface area (Å²) in [6.07, 6.45) is 2.28. The Bertz CT molecular complexity index is 990. The molecule has 0 fully saturated rings. The van der Waals surface area contributed by atoms with Crippen LogP contribution in [0.4, 0.5) is 4.79 Å². The average molecular weight is 481 g/mol. The second kappa shape index (κ2) is 12.4. The van der Waals surface area contributed by atoms with Crippen LogP contribution in [0.1, 0.15) is 69.9 Å². The molecule has 2 amide bonds. The van der Waals surface area contributed by atoms with Gasteiger partial charge < -0.3 is 20.5 Å². The van der Waals surface area contributed by atoms with Crippen LogP contribution in [0.15, 0.2) is 48.5 Å². The smallest absolute Gasteiger partial charge is 0.407 e. The number of amides is 2. The molecule has 1 aliphatic rings. The van der Waals surface area contributed by atoms with E-state index < -0.39 is 30.1 Å². The molecule has 2 aromatic rings. The van der Waals surface area contributed by atoms with Crippen LogP contribution in [0.25, 0.3) is 11.1 Å². The Labute approximate surface area is 207 Å². The van der Waals surface area contributed by atoms with Gasteiger partial charge in [-0.2, -0.15) is 0 Å². The number of benzene rings is 2. The Morgan fingerprint density at radius 3 is 2.03 bits per heavy atom. The molecule has 3 N–H and O–H groups in total. The second-order valence-corrected chi connectivity index (χ2v) is 9.54. The van der Waals surface area contributed by atoms with E-state index in [1.165, 1.54) is 0 Å². The molecule has 2 aromatic carbocycles. The number of alkyl carbamates (subject to hydrolysis) is 1. The second-order valence-electron chi connectivity index (χ2n) is 9.54. The third-order valence-electron chi connectivity index (χ3n) is 6.45. The lowest BCUT2D eigenvalue weighted by Gasteiger charge is -2.22. The molecule has 188 valence electrons. The molecule has 2 atom stereocenters. The average Bonchev–Trinajstić information content (AvgIpc) is 3.16. The van der Waals surface area contributed by atoms with Gasteiger partial charge in [0.2, 0.25) is 5.91 Å². The maximum absolute atomic E-state index is 12.9. The van der Waals surface area contributed by atoms with Gasteiger partial charge in [0.25, 0.3) is 0 Å². The lowest BCUT2D eigenvalue weighted by Crippen LogP contribution is -2.51. The highest BCUT2D eigenvalue weighted by molar-refractivity contribution is 5.89. The number of carboxylic acids is 1. The minimum absolute atomic E-state index is 0.0819. The molecule has 3 rings (SSSR count). The highest BCUT2D eigenvalue weighted by Crippen LogP contribution is 2.44. The molecule has 0 spiro atoms. The van der Waals surface area contributed by atoms with Crippen molar-refractivity contribution in [3.05, 3.63) is 59.7 Å². The topological polar surface area (TPSA) is 105 Å². The van der Waals surface area contributed by atoms with Crippen molar-refractivity contribution in [3.63, 3.8) is 0 Å². The molecule has 0 aromatic heterocycles. The van der Waals surface area contributed by atoms with Crippen molar-refractivity contribution < 1.29 is 24.2 Å². The molecule has 7 heteroatoms.